The van der Waals surface area contributed by atoms with Gasteiger partial charge in [0.25, 0.3) is 0 Å². The maximum atomic E-state index is 12.1. The van der Waals surface area contributed by atoms with E-state index < -0.39 is 0 Å². The number of nitrogens with zero attached hydrogens (tertiary/aromatic N) is 2. The van der Waals surface area contributed by atoms with Crippen molar-refractivity contribution in [3.05, 3.63) is 30.5 Å². The number of aromatic nitrogens is 1. The van der Waals surface area contributed by atoms with Crippen LogP contribution in [0.15, 0.2) is 30.5 Å². The number of likely N-dealkylation sites (tertiary alicyclic amines) is 1. The third-order valence-electron chi connectivity index (χ3n) is 3.53. The van der Waals surface area contributed by atoms with Crippen LogP contribution in [0.25, 0.3) is 10.9 Å². The zero-order valence-electron chi connectivity index (χ0n) is 11.4. The van der Waals surface area contributed by atoms with Crippen LogP contribution in [0, 0.1) is 0 Å². The SMILES string of the molecule is COc1cc(NC(=O)N2CCCC2)cc2cccnc12. The number of nitrogens with one attached hydrogen (secondary N) is 1. The van der Waals surface area contributed by atoms with Crippen LogP contribution in [0.3, 0.4) is 0 Å². The molecule has 1 fully saturated rings. The molecule has 1 aliphatic heterocycles. The molecule has 1 aromatic heterocycles. The quantitative estimate of drug-likeness (QED) is 0.913. The lowest BCUT2D eigenvalue weighted by Crippen LogP contribution is -2.32. The van der Waals surface area contributed by atoms with E-state index in [9.17, 15) is 4.79 Å². The lowest BCUT2D eigenvalue weighted by Gasteiger charge is -2.17. The van der Waals surface area contributed by atoms with E-state index in [2.05, 4.69) is 10.3 Å². The Morgan fingerprint density at radius 2 is 2.15 bits per heavy atom. The normalized spacial score (nSPS) is 14.6. The van der Waals surface area contributed by atoms with Gasteiger partial charge in [-0.3, -0.25) is 4.98 Å². The zero-order valence-corrected chi connectivity index (χ0v) is 11.4. The number of amides is 2. The molecule has 5 nitrogen and oxygen atoms in total. The van der Waals surface area contributed by atoms with Crippen LogP contribution in [0.4, 0.5) is 10.5 Å². The third-order valence-corrected chi connectivity index (χ3v) is 3.53. The van der Waals surface area contributed by atoms with E-state index in [1.165, 1.54) is 0 Å². The molecule has 104 valence electrons. The molecule has 2 heterocycles. The average molecular weight is 271 g/mol. The Labute approximate surface area is 117 Å². The molecule has 1 saturated heterocycles. The summed E-state index contributed by atoms with van der Waals surface area (Å²) in [6, 6.07) is 7.50. The number of hydrogen-bond donors (Lipinski definition) is 1. The van der Waals surface area contributed by atoms with E-state index in [0.29, 0.717) is 5.75 Å². The summed E-state index contributed by atoms with van der Waals surface area (Å²) in [5.41, 5.74) is 1.54. The molecule has 0 radical (unpaired) electrons. The monoisotopic (exact) mass is 271 g/mol. The van der Waals surface area contributed by atoms with Crippen LogP contribution < -0.4 is 10.1 Å². The summed E-state index contributed by atoms with van der Waals surface area (Å²) in [6.07, 6.45) is 3.89. The molecule has 1 aromatic carbocycles. The molecule has 2 aromatic rings. The number of ether oxygens (including phenoxy) is 1. The fraction of sp³-hybridized carbons (Fsp3) is 0.333. The summed E-state index contributed by atoms with van der Waals surface area (Å²) in [5, 5.41) is 3.88. The highest BCUT2D eigenvalue weighted by atomic mass is 16.5. The number of carbonyl (C=O) groups excluding carboxylic acids is 1. The Bertz CT molecular complexity index is 636. The maximum Gasteiger partial charge on any atom is 0.321 e. The van der Waals surface area contributed by atoms with Crippen molar-refractivity contribution in [2.24, 2.45) is 0 Å². The standard InChI is InChI=1S/C15H17N3O2/c1-20-13-10-12(9-11-5-4-6-16-14(11)13)17-15(19)18-7-2-3-8-18/h4-6,9-10H,2-3,7-8H2,1H3,(H,17,19). The van der Waals surface area contributed by atoms with Gasteiger partial charge >= 0.3 is 6.03 Å². The fourth-order valence-corrected chi connectivity index (χ4v) is 2.51. The number of carbonyl (C=O) groups is 1. The summed E-state index contributed by atoms with van der Waals surface area (Å²) >= 11 is 0. The van der Waals surface area contributed by atoms with Crippen LogP contribution in [0.5, 0.6) is 5.75 Å². The van der Waals surface area contributed by atoms with Gasteiger partial charge < -0.3 is 15.0 Å². The highest BCUT2D eigenvalue weighted by Gasteiger charge is 2.18. The molecule has 0 unspecified atom stereocenters. The molecule has 20 heavy (non-hydrogen) atoms. The predicted octanol–water partition coefficient (Wildman–Crippen LogP) is 2.87. The molecule has 5 heteroatoms. The minimum atomic E-state index is -0.0483. The molecular formula is C15H17N3O2. The van der Waals surface area contributed by atoms with E-state index in [1.807, 2.05) is 29.2 Å². The number of anilines is 1. The van der Waals surface area contributed by atoms with Crippen molar-refractivity contribution in [3.8, 4) is 5.75 Å². The first-order chi connectivity index (χ1) is 9.78. The lowest BCUT2D eigenvalue weighted by atomic mass is 10.2. The van der Waals surface area contributed by atoms with Gasteiger partial charge in [0.15, 0.2) is 0 Å². The van der Waals surface area contributed by atoms with Gasteiger partial charge in [-0.05, 0) is 25.0 Å². The Morgan fingerprint density at radius 1 is 1.35 bits per heavy atom. The van der Waals surface area contributed by atoms with E-state index >= 15 is 0 Å². The lowest BCUT2D eigenvalue weighted by molar-refractivity contribution is 0.222. The van der Waals surface area contributed by atoms with Gasteiger partial charge in [0.05, 0.1) is 7.11 Å². The van der Waals surface area contributed by atoms with Gasteiger partial charge in [-0.25, -0.2) is 4.79 Å². The van der Waals surface area contributed by atoms with Gasteiger partial charge in [-0.15, -0.1) is 0 Å². The van der Waals surface area contributed by atoms with Gasteiger partial charge in [-0.1, -0.05) is 6.07 Å². The van der Waals surface area contributed by atoms with Crippen LogP contribution in [0.1, 0.15) is 12.8 Å². The van der Waals surface area contributed by atoms with Gasteiger partial charge in [-0.2, -0.15) is 0 Å². The Balaban J connectivity index is 1.89. The van der Waals surface area contributed by atoms with E-state index in [0.717, 1.165) is 42.5 Å². The molecule has 0 spiro atoms. The maximum absolute atomic E-state index is 12.1. The van der Waals surface area contributed by atoms with Crippen molar-refractivity contribution < 1.29 is 9.53 Å². The number of pyridine rings is 1. The minimum Gasteiger partial charge on any atom is -0.494 e. The van der Waals surface area contributed by atoms with E-state index in [4.69, 9.17) is 4.74 Å². The first-order valence-corrected chi connectivity index (χ1v) is 6.76. The van der Waals surface area contributed by atoms with Gasteiger partial charge in [0.1, 0.15) is 11.3 Å². The molecule has 0 bridgehead atoms. The molecular weight excluding hydrogens is 254 g/mol. The van der Waals surface area contributed by atoms with Crippen LogP contribution in [0.2, 0.25) is 0 Å². The second-order valence-corrected chi connectivity index (χ2v) is 4.88. The van der Waals surface area contributed by atoms with E-state index in [1.54, 1.807) is 13.3 Å². The topological polar surface area (TPSA) is 54.5 Å². The number of benzene rings is 1. The van der Waals surface area contributed by atoms with Crippen LogP contribution in [-0.4, -0.2) is 36.1 Å². The summed E-state index contributed by atoms with van der Waals surface area (Å²) in [7, 11) is 1.61. The smallest absolute Gasteiger partial charge is 0.321 e. The largest absolute Gasteiger partial charge is 0.494 e. The number of methoxy groups -OCH3 is 1. The van der Waals surface area contributed by atoms with Crippen molar-refractivity contribution in [3.63, 3.8) is 0 Å². The molecule has 2 amide bonds. The van der Waals surface area contributed by atoms with Gasteiger partial charge in [0, 0.05) is 36.4 Å². The Kier molecular flexibility index (Phi) is 3.41. The first kappa shape index (κ1) is 12.7. The predicted molar refractivity (Wildman–Crippen MR) is 78.1 cm³/mol. The van der Waals surface area contributed by atoms with Crippen LogP contribution >= 0.6 is 0 Å². The summed E-state index contributed by atoms with van der Waals surface area (Å²) in [5.74, 6) is 0.667. The number of rotatable bonds is 2. The summed E-state index contributed by atoms with van der Waals surface area (Å²) < 4.78 is 5.35. The van der Waals surface area contributed by atoms with Crippen LogP contribution in [-0.2, 0) is 0 Å². The second-order valence-electron chi connectivity index (χ2n) is 4.88. The van der Waals surface area contributed by atoms with Crippen molar-refractivity contribution in [1.29, 1.82) is 0 Å². The van der Waals surface area contributed by atoms with Crippen molar-refractivity contribution in [1.82, 2.24) is 9.88 Å². The number of fused-ring (bicyclic) bond motifs is 1. The van der Waals surface area contributed by atoms with Gasteiger partial charge in [0.2, 0.25) is 0 Å². The Morgan fingerprint density at radius 3 is 2.90 bits per heavy atom. The molecule has 1 aliphatic rings. The van der Waals surface area contributed by atoms with Crippen molar-refractivity contribution in [2.45, 2.75) is 12.8 Å². The van der Waals surface area contributed by atoms with Crippen molar-refractivity contribution in [2.75, 3.05) is 25.5 Å². The summed E-state index contributed by atoms with van der Waals surface area (Å²) in [4.78, 5) is 18.2. The molecule has 1 N–H and O–H groups in total. The summed E-state index contributed by atoms with van der Waals surface area (Å²) in [6.45, 7) is 1.66. The second kappa shape index (κ2) is 5.36. The molecule has 0 saturated carbocycles. The first-order valence-electron chi connectivity index (χ1n) is 6.76. The third kappa shape index (κ3) is 2.39. The molecule has 0 atom stereocenters. The highest BCUT2D eigenvalue weighted by Crippen LogP contribution is 2.28. The highest BCUT2D eigenvalue weighted by molar-refractivity contribution is 5.95. The molecule has 0 aliphatic carbocycles. The zero-order chi connectivity index (χ0) is 13.9. The number of hydrogen-bond acceptors (Lipinski definition) is 3. The minimum absolute atomic E-state index is 0.0483. The average Bonchev–Trinajstić information content (AvgIpc) is 3.00. The van der Waals surface area contributed by atoms with Crippen molar-refractivity contribution >= 4 is 22.6 Å². The van der Waals surface area contributed by atoms with E-state index in [-0.39, 0.29) is 6.03 Å². The number of urea groups is 1. The fourth-order valence-electron chi connectivity index (χ4n) is 2.51. The Hall–Kier alpha value is -2.30. The molecule has 3 rings (SSSR count).